The Morgan fingerprint density at radius 1 is 1.42 bits per heavy atom. The molecular weight excluding hydrogens is 312 g/mol. The number of hydrogen-bond acceptors (Lipinski definition) is 4. The molecule has 2 rings (SSSR count). The van der Waals surface area contributed by atoms with E-state index in [1.54, 1.807) is 12.1 Å². The van der Waals surface area contributed by atoms with Crippen LogP contribution < -0.4 is 5.48 Å². The molecule has 1 aliphatic heterocycles. The highest BCUT2D eigenvalue weighted by Gasteiger charge is 2.10. The first-order valence-electron chi connectivity index (χ1n) is 6.23. The largest absolute Gasteiger partial charge is 0.379 e. The molecule has 1 heterocycles. The van der Waals surface area contributed by atoms with E-state index in [1.807, 2.05) is 12.1 Å². The Hall–Kier alpha value is -0.950. The van der Waals surface area contributed by atoms with Gasteiger partial charge in [-0.25, -0.2) is 5.48 Å². The lowest BCUT2D eigenvalue weighted by Gasteiger charge is -2.26. The van der Waals surface area contributed by atoms with Gasteiger partial charge in [0, 0.05) is 29.7 Å². The summed E-state index contributed by atoms with van der Waals surface area (Å²) >= 11 is 3.33. The third-order valence-electron chi connectivity index (χ3n) is 2.86. The average Bonchev–Trinajstić information content (AvgIpc) is 2.44. The molecule has 1 aromatic carbocycles. The van der Waals surface area contributed by atoms with Gasteiger partial charge in [0.1, 0.15) is 0 Å². The fourth-order valence-corrected chi connectivity index (χ4v) is 2.20. The average molecular weight is 329 g/mol. The number of carbonyl (C=O) groups excluding carboxylic acids is 1. The number of nitrogens with zero attached hydrogens (tertiary/aromatic N) is 1. The summed E-state index contributed by atoms with van der Waals surface area (Å²) in [6.07, 6.45) is 0. The van der Waals surface area contributed by atoms with Gasteiger partial charge < -0.3 is 4.74 Å². The molecule has 0 aliphatic carbocycles. The van der Waals surface area contributed by atoms with E-state index >= 15 is 0 Å². The number of benzene rings is 1. The molecule has 0 saturated carbocycles. The molecule has 1 saturated heterocycles. The molecule has 1 N–H and O–H groups in total. The van der Waals surface area contributed by atoms with Crippen molar-refractivity contribution < 1.29 is 14.4 Å². The summed E-state index contributed by atoms with van der Waals surface area (Å²) in [5.74, 6) is -0.233. The number of morpholine rings is 1. The third-order valence-corrected chi connectivity index (χ3v) is 3.36. The normalized spacial score (nSPS) is 16.3. The summed E-state index contributed by atoms with van der Waals surface area (Å²) in [5.41, 5.74) is 3.02. The number of carbonyl (C=O) groups is 1. The molecule has 1 aromatic rings. The predicted octanol–water partition coefficient (Wildman–Crippen LogP) is 1.44. The Morgan fingerprint density at radius 2 is 2.21 bits per heavy atom. The lowest BCUT2D eigenvalue weighted by Crippen LogP contribution is -2.39. The van der Waals surface area contributed by atoms with Crippen molar-refractivity contribution in [2.24, 2.45) is 0 Å². The van der Waals surface area contributed by atoms with Crippen LogP contribution in [0.2, 0.25) is 0 Å². The van der Waals surface area contributed by atoms with Gasteiger partial charge in [0.25, 0.3) is 5.91 Å². The zero-order valence-electron chi connectivity index (χ0n) is 10.6. The van der Waals surface area contributed by atoms with Gasteiger partial charge in [0.15, 0.2) is 0 Å². The highest BCUT2D eigenvalue weighted by Crippen LogP contribution is 2.11. The van der Waals surface area contributed by atoms with E-state index in [0.717, 1.165) is 37.3 Å². The van der Waals surface area contributed by atoms with E-state index in [-0.39, 0.29) is 5.91 Å². The van der Waals surface area contributed by atoms with Crippen LogP contribution in [-0.2, 0) is 9.57 Å². The van der Waals surface area contributed by atoms with Gasteiger partial charge in [-0.15, -0.1) is 0 Å². The Morgan fingerprint density at radius 3 is 2.95 bits per heavy atom. The molecule has 0 unspecified atom stereocenters. The molecule has 19 heavy (non-hydrogen) atoms. The minimum Gasteiger partial charge on any atom is -0.379 e. The zero-order valence-corrected chi connectivity index (χ0v) is 12.2. The van der Waals surface area contributed by atoms with Crippen LogP contribution in [0.25, 0.3) is 0 Å². The summed E-state index contributed by atoms with van der Waals surface area (Å²) in [4.78, 5) is 19.2. The molecule has 1 amide bonds. The van der Waals surface area contributed by atoms with Crippen molar-refractivity contribution in [3.8, 4) is 0 Å². The van der Waals surface area contributed by atoms with Crippen LogP contribution >= 0.6 is 15.9 Å². The highest BCUT2D eigenvalue weighted by atomic mass is 79.9. The first-order chi connectivity index (χ1) is 9.25. The fraction of sp³-hybridized carbons (Fsp3) is 0.462. The monoisotopic (exact) mass is 328 g/mol. The second kappa shape index (κ2) is 7.59. The van der Waals surface area contributed by atoms with E-state index in [2.05, 4.69) is 26.3 Å². The van der Waals surface area contributed by atoms with Crippen molar-refractivity contribution in [3.63, 3.8) is 0 Å². The maximum atomic E-state index is 11.8. The molecule has 0 spiro atoms. The van der Waals surface area contributed by atoms with Gasteiger partial charge in [0.2, 0.25) is 0 Å². The number of ether oxygens (including phenoxy) is 1. The molecule has 5 nitrogen and oxygen atoms in total. The van der Waals surface area contributed by atoms with E-state index in [4.69, 9.17) is 9.57 Å². The molecule has 1 aliphatic rings. The molecule has 1 fully saturated rings. The highest BCUT2D eigenvalue weighted by molar-refractivity contribution is 9.10. The van der Waals surface area contributed by atoms with E-state index in [0.29, 0.717) is 12.2 Å². The van der Waals surface area contributed by atoms with Crippen molar-refractivity contribution >= 4 is 21.8 Å². The van der Waals surface area contributed by atoms with Gasteiger partial charge >= 0.3 is 0 Å². The Labute approximate surface area is 121 Å². The molecule has 0 aromatic heterocycles. The maximum absolute atomic E-state index is 11.8. The van der Waals surface area contributed by atoms with Gasteiger partial charge in [-0.05, 0) is 18.2 Å². The summed E-state index contributed by atoms with van der Waals surface area (Å²) in [6, 6.07) is 7.18. The number of hydroxylamine groups is 1. The smallest absolute Gasteiger partial charge is 0.274 e. The standard InChI is InChI=1S/C13H17BrN2O3/c14-12-3-1-2-11(10-12)13(17)15-19-9-6-16-4-7-18-8-5-16/h1-3,10H,4-9H2,(H,15,17). The molecule has 0 radical (unpaired) electrons. The molecule has 0 atom stereocenters. The van der Waals surface area contributed by atoms with Crippen LogP contribution in [0.1, 0.15) is 10.4 Å². The number of rotatable bonds is 5. The van der Waals surface area contributed by atoms with E-state index in [1.165, 1.54) is 0 Å². The molecule has 104 valence electrons. The van der Waals surface area contributed by atoms with Crippen LogP contribution in [0.5, 0.6) is 0 Å². The Balaban J connectivity index is 1.66. The van der Waals surface area contributed by atoms with Crippen LogP contribution in [0.15, 0.2) is 28.7 Å². The van der Waals surface area contributed by atoms with Crippen molar-refractivity contribution in [1.29, 1.82) is 0 Å². The number of nitrogens with one attached hydrogen (secondary N) is 1. The molecule has 6 heteroatoms. The summed E-state index contributed by atoms with van der Waals surface area (Å²) in [6.45, 7) is 4.64. The van der Waals surface area contributed by atoms with Crippen LogP contribution in [-0.4, -0.2) is 50.3 Å². The first kappa shape index (κ1) is 14.5. The van der Waals surface area contributed by atoms with Crippen molar-refractivity contribution in [3.05, 3.63) is 34.3 Å². The van der Waals surface area contributed by atoms with Gasteiger partial charge in [-0.3, -0.25) is 14.5 Å². The Kier molecular flexibility index (Phi) is 5.78. The zero-order chi connectivity index (χ0) is 13.5. The van der Waals surface area contributed by atoms with Crippen LogP contribution in [0.3, 0.4) is 0 Å². The van der Waals surface area contributed by atoms with Crippen molar-refractivity contribution in [1.82, 2.24) is 10.4 Å². The lowest BCUT2D eigenvalue weighted by molar-refractivity contribution is -0.00177. The van der Waals surface area contributed by atoms with Gasteiger partial charge in [-0.1, -0.05) is 22.0 Å². The second-order valence-electron chi connectivity index (χ2n) is 4.24. The summed E-state index contributed by atoms with van der Waals surface area (Å²) in [7, 11) is 0. The predicted molar refractivity (Wildman–Crippen MR) is 74.8 cm³/mol. The number of hydrogen-bond donors (Lipinski definition) is 1. The fourth-order valence-electron chi connectivity index (χ4n) is 1.80. The van der Waals surface area contributed by atoms with Crippen LogP contribution in [0.4, 0.5) is 0 Å². The van der Waals surface area contributed by atoms with E-state index in [9.17, 15) is 4.79 Å². The van der Waals surface area contributed by atoms with Crippen molar-refractivity contribution in [2.45, 2.75) is 0 Å². The number of halogens is 1. The first-order valence-corrected chi connectivity index (χ1v) is 7.03. The minimum absolute atomic E-state index is 0.233. The summed E-state index contributed by atoms with van der Waals surface area (Å²) < 4.78 is 6.13. The van der Waals surface area contributed by atoms with Gasteiger partial charge in [-0.2, -0.15) is 0 Å². The topological polar surface area (TPSA) is 50.8 Å². The number of amides is 1. The van der Waals surface area contributed by atoms with E-state index < -0.39 is 0 Å². The maximum Gasteiger partial charge on any atom is 0.274 e. The van der Waals surface area contributed by atoms with Gasteiger partial charge in [0.05, 0.1) is 19.8 Å². The Bertz CT molecular complexity index is 422. The second-order valence-corrected chi connectivity index (χ2v) is 5.16. The lowest BCUT2D eigenvalue weighted by atomic mass is 10.2. The third kappa shape index (κ3) is 4.91. The van der Waals surface area contributed by atoms with Crippen molar-refractivity contribution in [2.75, 3.05) is 39.5 Å². The SMILES string of the molecule is O=C(NOCCN1CCOCC1)c1cccc(Br)c1. The molecule has 0 bridgehead atoms. The summed E-state index contributed by atoms with van der Waals surface area (Å²) in [5, 5.41) is 0. The molecular formula is C13H17BrN2O3. The minimum atomic E-state index is -0.233. The quantitative estimate of drug-likeness (QED) is 0.656. The van der Waals surface area contributed by atoms with Crippen LogP contribution in [0, 0.1) is 0 Å².